The van der Waals surface area contributed by atoms with Crippen LogP contribution in [0.15, 0.2) is 30.5 Å². The van der Waals surface area contributed by atoms with Crippen molar-refractivity contribution in [2.45, 2.75) is 58.4 Å². The van der Waals surface area contributed by atoms with Crippen molar-refractivity contribution in [2.75, 3.05) is 18.1 Å². The first kappa shape index (κ1) is 17.7. The molecule has 1 aliphatic rings. The summed E-state index contributed by atoms with van der Waals surface area (Å²) < 4.78 is 5.31. The summed E-state index contributed by atoms with van der Waals surface area (Å²) in [5.74, 6) is 0.773. The summed E-state index contributed by atoms with van der Waals surface area (Å²) in [6.07, 6.45) is 4.80. The Labute approximate surface area is 150 Å². The van der Waals surface area contributed by atoms with E-state index in [0.717, 1.165) is 42.4 Å². The number of hydrogen-bond donors (Lipinski definition) is 0. The molecule has 1 aliphatic heterocycles. The van der Waals surface area contributed by atoms with Crippen LogP contribution in [-0.2, 0) is 14.9 Å². The van der Waals surface area contributed by atoms with Crippen molar-refractivity contribution in [2.24, 2.45) is 0 Å². The van der Waals surface area contributed by atoms with Crippen LogP contribution in [0.2, 0.25) is 0 Å². The van der Waals surface area contributed by atoms with Gasteiger partial charge in [0, 0.05) is 18.1 Å². The lowest BCUT2D eigenvalue weighted by Crippen LogP contribution is -2.46. The van der Waals surface area contributed by atoms with Crippen molar-refractivity contribution in [1.29, 1.82) is 0 Å². The Morgan fingerprint density at radius 3 is 2.80 bits per heavy atom. The molecule has 134 valence electrons. The first-order valence-electron chi connectivity index (χ1n) is 9.24. The highest BCUT2D eigenvalue weighted by Crippen LogP contribution is 2.33. The minimum atomic E-state index is -0.231. The molecule has 1 fully saturated rings. The summed E-state index contributed by atoms with van der Waals surface area (Å²) in [7, 11) is 0. The van der Waals surface area contributed by atoms with Crippen molar-refractivity contribution in [3.63, 3.8) is 0 Å². The molecule has 0 spiro atoms. The first-order chi connectivity index (χ1) is 11.9. The topological polar surface area (TPSA) is 42.4 Å². The summed E-state index contributed by atoms with van der Waals surface area (Å²) in [6.45, 7) is 9.76. The van der Waals surface area contributed by atoms with Crippen molar-refractivity contribution < 1.29 is 9.53 Å². The lowest BCUT2D eigenvalue weighted by atomic mass is 9.86. The Kier molecular flexibility index (Phi) is 4.98. The molecule has 0 radical (unpaired) electrons. The van der Waals surface area contributed by atoms with Gasteiger partial charge in [-0.3, -0.25) is 0 Å². The molecule has 1 atom stereocenters. The zero-order chi connectivity index (χ0) is 18.0. The number of benzene rings is 1. The summed E-state index contributed by atoms with van der Waals surface area (Å²) in [4.78, 5) is 19.3. The van der Waals surface area contributed by atoms with Gasteiger partial charge in [0.1, 0.15) is 11.9 Å². The van der Waals surface area contributed by atoms with Crippen LogP contribution in [0.4, 0.5) is 5.82 Å². The fraction of sp³-hybridized carbons (Fsp3) is 0.524. The second-order valence-corrected chi connectivity index (χ2v) is 7.78. The maximum Gasteiger partial charge on any atom is 0.328 e. The van der Waals surface area contributed by atoms with Crippen LogP contribution in [0.5, 0.6) is 0 Å². The number of anilines is 1. The number of piperidine rings is 1. The number of fused-ring (bicyclic) bond motifs is 1. The van der Waals surface area contributed by atoms with Gasteiger partial charge in [-0.15, -0.1) is 0 Å². The Morgan fingerprint density at radius 2 is 2.08 bits per heavy atom. The molecule has 0 amide bonds. The fourth-order valence-electron chi connectivity index (χ4n) is 3.52. The van der Waals surface area contributed by atoms with Crippen molar-refractivity contribution in [3.8, 4) is 0 Å². The van der Waals surface area contributed by atoms with E-state index in [4.69, 9.17) is 4.74 Å². The van der Waals surface area contributed by atoms with Gasteiger partial charge in [-0.1, -0.05) is 32.9 Å². The van der Waals surface area contributed by atoms with E-state index in [1.165, 1.54) is 5.56 Å². The van der Waals surface area contributed by atoms with E-state index in [1.54, 1.807) is 0 Å². The number of hydrogen-bond acceptors (Lipinski definition) is 4. The average molecular weight is 340 g/mol. The number of nitrogens with zero attached hydrogens (tertiary/aromatic N) is 2. The Bertz CT molecular complexity index is 764. The quantitative estimate of drug-likeness (QED) is 0.774. The van der Waals surface area contributed by atoms with Crippen LogP contribution < -0.4 is 4.90 Å². The SMILES string of the molecule is CCOC(=O)C1CCCCN1c1nccc2ccc(C(C)(C)C)cc12. The highest BCUT2D eigenvalue weighted by Gasteiger charge is 2.31. The van der Waals surface area contributed by atoms with Crippen LogP contribution in [0.25, 0.3) is 10.8 Å². The van der Waals surface area contributed by atoms with E-state index in [2.05, 4.69) is 48.9 Å². The normalized spacial score (nSPS) is 18.4. The van der Waals surface area contributed by atoms with Crippen LogP contribution >= 0.6 is 0 Å². The molecule has 1 unspecified atom stereocenters. The maximum absolute atomic E-state index is 12.5. The van der Waals surface area contributed by atoms with Gasteiger partial charge in [0.15, 0.2) is 0 Å². The standard InChI is InChI=1S/C21H28N2O2/c1-5-25-20(24)18-8-6-7-13-23(18)19-17-14-16(21(2,3)4)10-9-15(17)11-12-22-19/h9-12,14,18H,5-8,13H2,1-4H3. The van der Waals surface area contributed by atoms with Gasteiger partial charge < -0.3 is 9.64 Å². The highest BCUT2D eigenvalue weighted by atomic mass is 16.5. The molecule has 1 aromatic carbocycles. The van der Waals surface area contributed by atoms with E-state index < -0.39 is 0 Å². The minimum absolute atomic E-state index is 0.0732. The predicted octanol–water partition coefficient (Wildman–Crippen LogP) is 4.45. The lowest BCUT2D eigenvalue weighted by Gasteiger charge is -2.35. The Balaban J connectivity index is 2.07. The minimum Gasteiger partial charge on any atom is -0.464 e. The first-order valence-corrected chi connectivity index (χ1v) is 9.24. The second-order valence-electron chi connectivity index (χ2n) is 7.78. The molecule has 2 heterocycles. The van der Waals surface area contributed by atoms with Gasteiger partial charge in [-0.05, 0) is 54.7 Å². The van der Waals surface area contributed by atoms with Crippen LogP contribution in [-0.4, -0.2) is 30.1 Å². The molecule has 0 N–H and O–H groups in total. The van der Waals surface area contributed by atoms with Crippen LogP contribution in [0, 0.1) is 0 Å². The zero-order valence-corrected chi connectivity index (χ0v) is 15.7. The number of pyridine rings is 1. The molecule has 0 bridgehead atoms. The molecule has 4 heteroatoms. The van der Waals surface area contributed by atoms with E-state index in [0.29, 0.717) is 6.61 Å². The van der Waals surface area contributed by atoms with Gasteiger partial charge in [-0.2, -0.15) is 0 Å². The summed E-state index contributed by atoms with van der Waals surface area (Å²) >= 11 is 0. The number of rotatable bonds is 3. The largest absolute Gasteiger partial charge is 0.464 e. The number of ether oxygens (including phenoxy) is 1. The lowest BCUT2D eigenvalue weighted by molar-refractivity contribution is -0.145. The molecule has 1 saturated heterocycles. The smallest absolute Gasteiger partial charge is 0.328 e. The van der Waals surface area contributed by atoms with E-state index >= 15 is 0 Å². The second kappa shape index (κ2) is 7.03. The zero-order valence-electron chi connectivity index (χ0n) is 15.7. The summed E-state index contributed by atoms with van der Waals surface area (Å²) in [6, 6.07) is 8.38. The third-order valence-corrected chi connectivity index (χ3v) is 4.94. The van der Waals surface area contributed by atoms with Gasteiger partial charge in [0.25, 0.3) is 0 Å². The van der Waals surface area contributed by atoms with Crippen molar-refractivity contribution in [1.82, 2.24) is 4.98 Å². The number of carbonyl (C=O) groups is 1. The van der Waals surface area contributed by atoms with E-state index in [1.807, 2.05) is 19.2 Å². The molecule has 1 aromatic heterocycles. The molecule has 25 heavy (non-hydrogen) atoms. The number of aromatic nitrogens is 1. The maximum atomic E-state index is 12.5. The third kappa shape index (κ3) is 3.63. The van der Waals surface area contributed by atoms with E-state index in [-0.39, 0.29) is 17.4 Å². The Morgan fingerprint density at radius 1 is 1.28 bits per heavy atom. The van der Waals surface area contributed by atoms with Crippen LogP contribution in [0.1, 0.15) is 52.5 Å². The molecule has 0 aliphatic carbocycles. The van der Waals surface area contributed by atoms with Crippen molar-refractivity contribution in [3.05, 3.63) is 36.0 Å². The highest BCUT2D eigenvalue weighted by molar-refractivity contribution is 5.94. The number of esters is 1. The fourth-order valence-corrected chi connectivity index (χ4v) is 3.52. The van der Waals surface area contributed by atoms with Crippen LogP contribution in [0.3, 0.4) is 0 Å². The molecule has 0 saturated carbocycles. The Hall–Kier alpha value is -2.10. The monoisotopic (exact) mass is 340 g/mol. The summed E-state index contributed by atoms with van der Waals surface area (Å²) in [5.41, 5.74) is 1.35. The van der Waals surface area contributed by atoms with Gasteiger partial charge in [0.2, 0.25) is 0 Å². The molecule has 2 aromatic rings. The van der Waals surface area contributed by atoms with Gasteiger partial charge in [-0.25, -0.2) is 9.78 Å². The molecular formula is C21H28N2O2. The predicted molar refractivity (Wildman–Crippen MR) is 102 cm³/mol. The van der Waals surface area contributed by atoms with Gasteiger partial charge in [0.05, 0.1) is 6.61 Å². The molecule has 3 rings (SSSR count). The van der Waals surface area contributed by atoms with E-state index in [9.17, 15) is 4.79 Å². The molecular weight excluding hydrogens is 312 g/mol. The number of carbonyl (C=O) groups excluding carboxylic acids is 1. The van der Waals surface area contributed by atoms with Crippen molar-refractivity contribution >= 4 is 22.6 Å². The average Bonchev–Trinajstić information content (AvgIpc) is 2.60. The third-order valence-electron chi connectivity index (χ3n) is 4.94. The summed E-state index contributed by atoms with van der Waals surface area (Å²) in [5, 5.41) is 2.28. The van der Waals surface area contributed by atoms with Gasteiger partial charge >= 0.3 is 5.97 Å². The molecule has 4 nitrogen and oxygen atoms in total.